The molecule has 2 rings (SSSR count). The SMILES string of the molecule is CCNC(=O)c1ccc(N)c(NCC2CCC(=O)N2)c1. The topological polar surface area (TPSA) is 96.2 Å². The zero-order valence-corrected chi connectivity index (χ0v) is 11.5. The third-order valence-corrected chi connectivity index (χ3v) is 3.28. The van der Waals surface area contributed by atoms with E-state index in [2.05, 4.69) is 16.0 Å². The van der Waals surface area contributed by atoms with Gasteiger partial charge in [0.1, 0.15) is 0 Å². The van der Waals surface area contributed by atoms with Gasteiger partial charge in [-0.15, -0.1) is 0 Å². The fourth-order valence-electron chi connectivity index (χ4n) is 2.18. The highest BCUT2D eigenvalue weighted by Crippen LogP contribution is 2.20. The molecular weight excluding hydrogens is 256 g/mol. The van der Waals surface area contributed by atoms with Crippen LogP contribution in [-0.4, -0.2) is 30.9 Å². The lowest BCUT2D eigenvalue weighted by molar-refractivity contribution is -0.119. The van der Waals surface area contributed by atoms with E-state index in [1.807, 2.05) is 6.92 Å². The first-order valence-corrected chi connectivity index (χ1v) is 6.81. The van der Waals surface area contributed by atoms with Gasteiger partial charge in [-0.25, -0.2) is 0 Å². The average molecular weight is 276 g/mol. The Kier molecular flexibility index (Phi) is 4.45. The molecule has 1 heterocycles. The molecule has 1 atom stereocenters. The lowest BCUT2D eigenvalue weighted by Crippen LogP contribution is -2.32. The lowest BCUT2D eigenvalue weighted by atomic mass is 10.1. The van der Waals surface area contributed by atoms with Crippen molar-refractivity contribution < 1.29 is 9.59 Å². The molecule has 0 aromatic heterocycles. The number of amides is 2. The molecule has 0 bridgehead atoms. The van der Waals surface area contributed by atoms with Crippen LogP contribution in [0.4, 0.5) is 11.4 Å². The summed E-state index contributed by atoms with van der Waals surface area (Å²) in [6.45, 7) is 3.06. The molecule has 6 heteroatoms. The minimum absolute atomic E-state index is 0.0841. The maximum absolute atomic E-state index is 11.8. The summed E-state index contributed by atoms with van der Waals surface area (Å²) in [5, 5.41) is 8.82. The number of nitrogens with two attached hydrogens (primary N) is 1. The van der Waals surface area contributed by atoms with Gasteiger partial charge in [-0.2, -0.15) is 0 Å². The van der Waals surface area contributed by atoms with Crippen LogP contribution in [-0.2, 0) is 4.79 Å². The second-order valence-corrected chi connectivity index (χ2v) is 4.85. The summed E-state index contributed by atoms with van der Waals surface area (Å²) in [5.41, 5.74) is 7.77. The quantitative estimate of drug-likeness (QED) is 0.595. The van der Waals surface area contributed by atoms with Gasteiger partial charge in [-0.05, 0) is 31.5 Å². The Balaban J connectivity index is 2.01. The second kappa shape index (κ2) is 6.27. The summed E-state index contributed by atoms with van der Waals surface area (Å²) in [6, 6.07) is 5.26. The second-order valence-electron chi connectivity index (χ2n) is 4.85. The van der Waals surface area contributed by atoms with Crippen LogP contribution in [0.3, 0.4) is 0 Å². The Morgan fingerprint density at radius 2 is 2.30 bits per heavy atom. The van der Waals surface area contributed by atoms with E-state index in [4.69, 9.17) is 5.73 Å². The summed E-state index contributed by atoms with van der Waals surface area (Å²) in [5.74, 6) is -0.0365. The first kappa shape index (κ1) is 14.2. The molecule has 0 saturated carbocycles. The Morgan fingerprint density at radius 1 is 1.50 bits per heavy atom. The van der Waals surface area contributed by atoms with Crippen LogP contribution in [0.1, 0.15) is 30.1 Å². The zero-order chi connectivity index (χ0) is 14.5. The summed E-state index contributed by atoms with van der Waals surface area (Å²) in [6.07, 6.45) is 1.39. The number of carbonyl (C=O) groups is 2. The molecule has 108 valence electrons. The van der Waals surface area contributed by atoms with Crippen molar-refractivity contribution in [3.8, 4) is 0 Å². The first-order valence-electron chi connectivity index (χ1n) is 6.81. The number of nitrogen functional groups attached to an aromatic ring is 1. The van der Waals surface area contributed by atoms with E-state index in [1.54, 1.807) is 18.2 Å². The highest BCUT2D eigenvalue weighted by atomic mass is 16.2. The van der Waals surface area contributed by atoms with Gasteiger partial charge in [0.05, 0.1) is 11.4 Å². The number of hydrogen-bond donors (Lipinski definition) is 4. The van der Waals surface area contributed by atoms with Crippen molar-refractivity contribution in [2.24, 2.45) is 0 Å². The predicted molar refractivity (Wildman–Crippen MR) is 78.5 cm³/mol. The van der Waals surface area contributed by atoms with Crippen LogP contribution in [0, 0.1) is 0 Å². The molecule has 2 amide bonds. The molecular formula is C14H20N4O2. The van der Waals surface area contributed by atoms with Gasteiger partial charge >= 0.3 is 0 Å². The number of nitrogens with one attached hydrogen (secondary N) is 3. The summed E-state index contributed by atoms with van der Waals surface area (Å²) in [4.78, 5) is 22.9. The van der Waals surface area contributed by atoms with E-state index in [9.17, 15) is 9.59 Å². The molecule has 1 unspecified atom stereocenters. The van der Waals surface area contributed by atoms with Crippen molar-refractivity contribution in [1.29, 1.82) is 0 Å². The Labute approximate surface area is 118 Å². The van der Waals surface area contributed by atoms with E-state index in [0.717, 1.165) is 12.1 Å². The first-order chi connectivity index (χ1) is 9.60. The fraction of sp³-hybridized carbons (Fsp3) is 0.429. The summed E-state index contributed by atoms with van der Waals surface area (Å²) in [7, 11) is 0. The molecule has 0 radical (unpaired) electrons. The maximum atomic E-state index is 11.8. The predicted octanol–water partition coefficient (Wildman–Crippen LogP) is 0.709. The van der Waals surface area contributed by atoms with Crippen molar-refractivity contribution in [3.05, 3.63) is 23.8 Å². The van der Waals surface area contributed by atoms with E-state index in [-0.39, 0.29) is 17.9 Å². The van der Waals surface area contributed by atoms with E-state index in [1.165, 1.54) is 0 Å². The molecule has 6 nitrogen and oxygen atoms in total. The van der Waals surface area contributed by atoms with Gasteiger partial charge < -0.3 is 21.7 Å². The van der Waals surface area contributed by atoms with E-state index < -0.39 is 0 Å². The summed E-state index contributed by atoms with van der Waals surface area (Å²) >= 11 is 0. The third-order valence-electron chi connectivity index (χ3n) is 3.28. The summed E-state index contributed by atoms with van der Waals surface area (Å²) < 4.78 is 0. The minimum Gasteiger partial charge on any atom is -0.397 e. The molecule has 5 N–H and O–H groups in total. The standard InChI is InChI=1S/C14H20N4O2/c1-2-16-14(20)9-3-5-11(15)12(7-9)17-8-10-4-6-13(19)18-10/h3,5,7,10,17H,2,4,6,8,15H2,1H3,(H,16,20)(H,18,19). The Morgan fingerprint density at radius 3 is 2.95 bits per heavy atom. The van der Waals surface area contributed by atoms with Gasteiger partial charge in [0, 0.05) is 31.1 Å². The molecule has 1 fully saturated rings. The molecule has 0 spiro atoms. The molecule has 0 aliphatic carbocycles. The van der Waals surface area contributed by atoms with Crippen LogP contribution >= 0.6 is 0 Å². The largest absolute Gasteiger partial charge is 0.397 e. The van der Waals surface area contributed by atoms with Gasteiger partial charge in [-0.3, -0.25) is 9.59 Å². The van der Waals surface area contributed by atoms with Crippen LogP contribution < -0.4 is 21.7 Å². The van der Waals surface area contributed by atoms with Crippen LogP contribution in [0.25, 0.3) is 0 Å². The molecule has 1 aromatic rings. The monoisotopic (exact) mass is 276 g/mol. The lowest BCUT2D eigenvalue weighted by Gasteiger charge is -2.15. The number of anilines is 2. The Hall–Kier alpha value is -2.24. The van der Waals surface area contributed by atoms with Crippen LogP contribution in [0.15, 0.2) is 18.2 Å². The van der Waals surface area contributed by atoms with Crippen molar-refractivity contribution in [2.75, 3.05) is 24.1 Å². The van der Waals surface area contributed by atoms with Crippen molar-refractivity contribution in [1.82, 2.24) is 10.6 Å². The van der Waals surface area contributed by atoms with E-state index in [0.29, 0.717) is 30.8 Å². The van der Waals surface area contributed by atoms with E-state index >= 15 is 0 Å². The number of hydrogen-bond acceptors (Lipinski definition) is 4. The number of rotatable bonds is 5. The normalized spacial score (nSPS) is 17.6. The van der Waals surface area contributed by atoms with Crippen molar-refractivity contribution >= 4 is 23.2 Å². The molecule has 1 saturated heterocycles. The smallest absolute Gasteiger partial charge is 0.251 e. The third kappa shape index (κ3) is 3.40. The highest BCUT2D eigenvalue weighted by molar-refractivity contribution is 5.96. The average Bonchev–Trinajstić information content (AvgIpc) is 2.84. The van der Waals surface area contributed by atoms with Crippen molar-refractivity contribution in [2.45, 2.75) is 25.8 Å². The van der Waals surface area contributed by atoms with Crippen LogP contribution in [0.2, 0.25) is 0 Å². The van der Waals surface area contributed by atoms with Crippen molar-refractivity contribution in [3.63, 3.8) is 0 Å². The number of benzene rings is 1. The maximum Gasteiger partial charge on any atom is 0.251 e. The zero-order valence-electron chi connectivity index (χ0n) is 11.5. The van der Waals surface area contributed by atoms with Crippen LogP contribution in [0.5, 0.6) is 0 Å². The molecule has 1 aliphatic heterocycles. The van der Waals surface area contributed by atoms with Gasteiger partial charge in [-0.1, -0.05) is 0 Å². The highest BCUT2D eigenvalue weighted by Gasteiger charge is 2.20. The fourth-order valence-corrected chi connectivity index (χ4v) is 2.18. The Bertz CT molecular complexity index is 516. The van der Waals surface area contributed by atoms with Gasteiger partial charge in [0.2, 0.25) is 5.91 Å². The van der Waals surface area contributed by atoms with Gasteiger partial charge in [0.25, 0.3) is 5.91 Å². The molecule has 1 aliphatic rings. The number of carbonyl (C=O) groups excluding carboxylic acids is 2. The minimum atomic E-state index is -0.121. The van der Waals surface area contributed by atoms with Gasteiger partial charge in [0.15, 0.2) is 0 Å². The molecule has 20 heavy (non-hydrogen) atoms. The molecule has 1 aromatic carbocycles.